The third kappa shape index (κ3) is 3.99. The smallest absolute Gasteiger partial charge is 0.293 e. The summed E-state index contributed by atoms with van der Waals surface area (Å²) >= 11 is 5.89. The number of halogens is 3. The SMILES string of the molecule is COc1ncc(-c2ccc3ncc(F)c(=O)n3c2)cc1NS(=O)(=O)c1ccc(F)cc1Cl. The van der Waals surface area contributed by atoms with E-state index in [9.17, 15) is 22.0 Å². The van der Waals surface area contributed by atoms with Crippen LogP contribution in [0.4, 0.5) is 14.5 Å². The molecule has 1 N–H and O–H groups in total. The Hall–Kier alpha value is -3.57. The molecule has 1 aromatic carbocycles. The van der Waals surface area contributed by atoms with Crippen molar-refractivity contribution < 1.29 is 21.9 Å². The highest BCUT2D eigenvalue weighted by Gasteiger charge is 2.21. The van der Waals surface area contributed by atoms with Gasteiger partial charge >= 0.3 is 0 Å². The van der Waals surface area contributed by atoms with Crippen molar-refractivity contribution >= 4 is 33.0 Å². The van der Waals surface area contributed by atoms with Gasteiger partial charge in [-0.25, -0.2) is 22.8 Å². The Morgan fingerprint density at radius 2 is 1.84 bits per heavy atom. The van der Waals surface area contributed by atoms with Crippen LogP contribution in [0, 0.1) is 11.6 Å². The van der Waals surface area contributed by atoms with Crippen molar-refractivity contribution in [3.05, 3.63) is 82.0 Å². The number of methoxy groups -OCH3 is 1. The quantitative estimate of drug-likeness (QED) is 0.471. The molecule has 0 radical (unpaired) electrons. The van der Waals surface area contributed by atoms with Crippen LogP contribution in [0.5, 0.6) is 5.88 Å². The standard InChI is InChI=1S/C20H13ClF2N4O4S/c1-31-19-16(26-32(29,30)17-4-3-13(22)7-14(17)21)6-12(8-25-19)11-2-5-18-24-9-15(23)20(28)27(18)10-11/h2-10,26H,1H3. The lowest BCUT2D eigenvalue weighted by atomic mass is 10.1. The number of benzene rings is 1. The zero-order chi connectivity index (χ0) is 23.0. The number of rotatable bonds is 5. The van der Waals surface area contributed by atoms with E-state index in [1.54, 1.807) is 6.07 Å². The van der Waals surface area contributed by atoms with Gasteiger partial charge in [0.2, 0.25) is 11.7 Å². The summed E-state index contributed by atoms with van der Waals surface area (Å²) in [5, 5.41) is -0.302. The van der Waals surface area contributed by atoms with Crippen LogP contribution in [0.1, 0.15) is 0 Å². The number of nitrogens with zero attached hydrogens (tertiary/aromatic N) is 3. The number of aromatic nitrogens is 3. The molecule has 3 heterocycles. The fourth-order valence-electron chi connectivity index (χ4n) is 2.96. The van der Waals surface area contributed by atoms with Crippen LogP contribution in [-0.2, 0) is 10.0 Å². The molecule has 8 nitrogen and oxygen atoms in total. The lowest BCUT2D eigenvalue weighted by Gasteiger charge is -2.14. The molecule has 0 bridgehead atoms. The molecule has 0 saturated heterocycles. The van der Waals surface area contributed by atoms with Crippen LogP contribution in [0.2, 0.25) is 5.02 Å². The molecule has 0 aliphatic heterocycles. The van der Waals surface area contributed by atoms with E-state index in [1.807, 2.05) is 0 Å². The second-order valence-corrected chi connectivity index (χ2v) is 8.58. The fraction of sp³-hybridized carbons (Fsp3) is 0.0500. The van der Waals surface area contributed by atoms with E-state index in [2.05, 4.69) is 14.7 Å². The largest absolute Gasteiger partial charge is 0.480 e. The maximum absolute atomic E-state index is 13.6. The van der Waals surface area contributed by atoms with Gasteiger partial charge in [-0.1, -0.05) is 11.6 Å². The summed E-state index contributed by atoms with van der Waals surface area (Å²) in [7, 11) is -2.92. The van der Waals surface area contributed by atoms with Gasteiger partial charge in [0.05, 0.1) is 18.3 Å². The molecule has 32 heavy (non-hydrogen) atoms. The molecule has 4 rings (SSSR count). The molecule has 4 aromatic rings. The number of pyridine rings is 2. The van der Waals surface area contributed by atoms with Crippen LogP contribution in [-0.4, -0.2) is 29.9 Å². The van der Waals surface area contributed by atoms with E-state index in [-0.39, 0.29) is 27.1 Å². The van der Waals surface area contributed by atoms with E-state index in [0.717, 1.165) is 28.8 Å². The Balaban J connectivity index is 1.79. The molecule has 0 amide bonds. The third-order valence-electron chi connectivity index (χ3n) is 4.47. The summed E-state index contributed by atoms with van der Waals surface area (Å²) < 4.78 is 61.0. The Bertz CT molecular complexity index is 1530. The Kier molecular flexibility index (Phi) is 5.53. The first kappa shape index (κ1) is 21.7. The highest BCUT2D eigenvalue weighted by molar-refractivity contribution is 7.92. The van der Waals surface area contributed by atoms with Gasteiger partial charge in [0.15, 0.2) is 0 Å². The van der Waals surface area contributed by atoms with Crippen LogP contribution in [0.15, 0.2) is 64.7 Å². The van der Waals surface area contributed by atoms with Gasteiger partial charge in [0.1, 0.15) is 22.0 Å². The minimum absolute atomic E-state index is 0.0322. The lowest BCUT2D eigenvalue weighted by Crippen LogP contribution is -2.18. The monoisotopic (exact) mass is 478 g/mol. The van der Waals surface area contributed by atoms with Gasteiger partial charge in [-0.15, -0.1) is 0 Å². The Morgan fingerprint density at radius 1 is 1.06 bits per heavy atom. The number of nitrogens with one attached hydrogen (secondary N) is 1. The summed E-state index contributed by atoms with van der Waals surface area (Å²) in [6.45, 7) is 0. The predicted octanol–water partition coefficient (Wildman–Crippen LogP) is 3.50. The second kappa shape index (κ2) is 8.17. The van der Waals surface area contributed by atoms with Gasteiger partial charge in [-0.05, 0) is 36.4 Å². The van der Waals surface area contributed by atoms with Crippen molar-refractivity contribution in [1.82, 2.24) is 14.4 Å². The van der Waals surface area contributed by atoms with Crippen LogP contribution >= 0.6 is 11.6 Å². The number of sulfonamides is 1. The summed E-state index contributed by atoms with van der Waals surface area (Å²) in [5.41, 5.74) is 0.142. The van der Waals surface area contributed by atoms with Gasteiger partial charge in [-0.3, -0.25) is 13.9 Å². The number of anilines is 1. The first-order valence-electron chi connectivity index (χ1n) is 8.89. The predicted molar refractivity (Wildman–Crippen MR) is 113 cm³/mol. The molecular formula is C20H13ClF2N4O4S. The van der Waals surface area contributed by atoms with Gasteiger partial charge in [0.25, 0.3) is 15.6 Å². The number of ether oxygens (including phenoxy) is 1. The summed E-state index contributed by atoms with van der Waals surface area (Å²) in [4.78, 5) is 19.6. The minimum atomic E-state index is -4.22. The van der Waals surface area contributed by atoms with Crippen molar-refractivity contribution in [2.75, 3.05) is 11.8 Å². The molecule has 164 valence electrons. The zero-order valence-electron chi connectivity index (χ0n) is 16.2. The Labute approximate surface area is 185 Å². The first-order chi connectivity index (χ1) is 15.2. The van der Waals surface area contributed by atoms with Crippen LogP contribution in [0.3, 0.4) is 0 Å². The average Bonchev–Trinajstić information content (AvgIpc) is 2.75. The van der Waals surface area contributed by atoms with E-state index >= 15 is 0 Å². The van der Waals surface area contributed by atoms with Crippen molar-refractivity contribution in [2.45, 2.75) is 4.90 Å². The molecule has 0 fully saturated rings. The third-order valence-corrected chi connectivity index (χ3v) is 6.31. The van der Waals surface area contributed by atoms with E-state index < -0.39 is 27.2 Å². The molecule has 0 saturated carbocycles. The van der Waals surface area contributed by atoms with Gasteiger partial charge < -0.3 is 4.74 Å². The number of hydrogen-bond donors (Lipinski definition) is 1. The minimum Gasteiger partial charge on any atom is -0.480 e. The summed E-state index contributed by atoms with van der Waals surface area (Å²) in [6.07, 6.45) is 3.58. The molecule has 0 spiro atoms. The molecule has 12 heteroatoms. The normalized spacial score (nSPS) is 11.5. The molecule has 3 aromatic heterocycles. The second-order valence-electron chi connectivity index (χ2n) is 6.52. The van der Waals surface area contributed by atoms with Crippen molar-refractivity contribution in [2.24, 2.45) is 0 Å². The van der Waals surface area contributed by atoms with Crippen molar-refractivity contribution in [1.29, 1.82) is 0 Å². The zero-order valence-corrected chi connectivity index (χ0v) is 17.8. The molecular weight excluding hydrogens is 466 g/mol. The van der Waals surface area contributed by atoms with Crippen molar-refractivity contribution in [3.8, 4) is 17.0 Å². The lowest BCUT2D eigenvalue weighted by molar-refractivity contribution is 0.400. The maximum Gasteiger partial charge on any atom is 0.293 e. The molecule has 0 unspecified atom stereocenters. The number of hydrogen-bond acceptors (Lipinski definition) is 6. The fourth-order valence-corrected chi connectivity index (χ4v) is 4.54. The number of fused-ring (bicyclic) bond motifs is 1. The molecule has 0 aliphatic rings. The first-order valence-corrected chi connectivity index (χ1v) is 10.7. The highest BCUT2D eigenvalue weighted by atomic mass is 35.5. The summed E-state index contributed by atoms with van der Waals surface area (Å²) in [6, 6.07) is 7.40. The van der Waals surface area contributed by atoms with Gasteiger partial charge in [0, 0.05) is 23.5 Å². The summed E-state index contributed by atoms with van der Waals surface area (Å²) in [5.74, 6) is -1.74. The maximum atomic E-state index is 13.6. The van der Waals surface area contributed by atoms with Crippen LogP contribution in [0.25, 0.3) is 16.8 Å². The highest BCUT2D eigenvalue weighted by Crippen LogP contribution is 2.31. The van der Waals surface area contributed by atoms with Crippen LogP contribution < -0.4 is 15.0 Å². The van der Waals surface area contributed by atoms with E-state index in [4.69, 9.17) is 16.3 Å². The van der Waals surface area contributed by atoms with E-state index in [1.165, 1.54) is 31.6 Å². The molecule has 0 atom stereocenters. The van der Waals surface area contributed by atoms with E-state index in [0.29, 0.717) is 11.1 Å². The Morgan fingerprint density at radius 3 is 2.56 bits per heavy atom. The van der Waals surface area contributed by atoms with Gasteiger partial charge in [-0.2, -0.15) is 4.39 Å². The molecule has 0 aliphatic carbocycles. The topological polar surface area (TPSA) is 103 Å². The van der Waals surface area contributed by atoms with Crippen molar-refractivity contribution in [3.63, 3.8) is 0 Å². The average molecular weight is 479 g/mol.